The first kappa shape index (κ1) is 21.8. The molecule has 0 unspecified atom stereocenters. The van der Waals surface area contributed by atoms with E-state index >= 15 is 0 Å². The van der Waals surface area contributed by atoms with Crippen LogP contribution in [0.5, 0.6) is 5.75 Å². The van der Waals surface area contributed by atoms with E-state index in [1.807, 2.05) is 18.2 Å². The predicted octanol–water partition coefficient (Wildman–Crippen LogP) is 3.62. The van der Waals surface area contributed by atoms with Gasteiger partial charge in [-0.1, -0.05) is 24.3 Å². The van der Waals surface area contributed by atoms with Gasteiger partial charge in [-0.25, -0.2) is 0 Å². The van der Waals surface area contributed by atoms with Crippen molar-refractivity contribution in [2.75, 3.05) is 32.7 Å². The maximum Gasteiger partial charge on any atom is 0.115 e. The number of aromatic hydroxyl groups is 1. The SMILES string of the molecule is Oc1ccc2c(c1)[C@@]13CCN(CCc4[nH]nc5ccccc45)CC[C@@]1(O)[C@@H](C2)N(CC1CC1)CC3. The van der Waals surface area contributed by atoms with E-state index in [2.05, 4.69) is 44.3 Å². The summed E-state index contributed by atoms with van der Waals surface area (Å²) in [6.07, 6.45) is 7.21. The third kappa shape index (κ3) is 3.45. The van der Waals surface area contributed by atoms with Gasteiger partial charge in [0.05, 0.1) is 11.1 Å². The van der Waals surface area contributed by atoms with Crippen molar-refractivity contribution in [2.24, 2.45) is 5.92 Å². The molecular weight excluding hydrogens is 436 g/mol. The van der Waals surface area contributed by atoms with Crippen molar-refractivity contribution >= 4 is 10.9 Å². The molecule has 184 valence electrons. The molecule has 35 heavy (non-hydrogen) atoms. The monoisotopic (exact) mass is 472 g/mol. The smallest absolute Gasteiger partial charge is 0.115 e. The number of nitrogens with one attached hydrogen (secondary N) is 1. The number of hydrogen-bond acceptors (Lipinski definition) is 5. The number of nitrogens with zero attached hydrogens (tertiary/aromatic N) is 3. The first-order valence-electron chi connectivity index (χ1n) is 13.5. The Hall–Kier alpha value is -2.41. The number of aromatic nitrogens is 2. The highest BCUT2D eigenvalue weighted by Gasteiger charge is 2.63. The Balaban J connectivity index is 1.18. The Kier molecular flexibility index (Phi) is 5.02. The standard InChI is InChI=1S/C29H36N4O2/c34-22-8-7-21-17-27-29(35)12-15-32(13-9-26-23-3-1-2-4-25(23)30-31-26)14-10-28(29,24(21)18-22)11-16-33(27)19-20-5-6-20/h1-4,7-8,18,20,27,34-35H,5-6,9-17,19H2,(H,30,31)/t27-,28+,29-/m1/s1. The van der Waals surface area contributed by atoms with Crippen LogP contribution >= 0.6 is 0 Å². The van der Waals surface area contributed by atoms with Crippen molar-refractivity contribution in [3.8, 4) is 5.75 Å². The van der Waals surface area contributed by atoms with Gasteiger partial charge < -0.3 is 15.1 Å². The number of phenolic OH excluding ortho intramolecular Hbond substituents is 1. The molecule has 1 saturated carbocycles. The van der Waals surface area contributed by atoms with E-state index in [4.69, 9.17) is 0 Å². The summed E-state index contributed by atoms with van der Waals surface area (Å²) in [5.74, 6) is 1.14. The highest BCUT2D eigenvalue weighted by molar-refractivity contribution is 5.81. The van der Waals surface area contributed by atoms with Crippen LogP contribution in [0.2, 0.25) is 0 Å². The van der Waals surface area contributed by atoms with Crippen LogP contribution in [0.15, 0.2) is 42.5 Å². The summed E-state index contributed by atoms with van der Waals surface area (Å²) >= 11 is 0. The molecule has 7 rings (SSSR count). The van der Waals surface area contributed by atoms with E-state index in [0.717, 1.165) is 76.3 Å². The summed E-state index contributed by atoms with van der Waals surface area (Å²) in [4.78, 5) is 5.17. The third-order valence-electron chi connectivity index (χ3n) is 9.74. The number of piperidine rings is 1. The van der Waals surface area contributed by atoms with Gasteiger partial charge >= 0.3 is 0 Å². The first-order chi connectivity index (χ1) is 17.1. The van der Waals surface area contributed by atoms with Crippen molar-refractivity contribution in [3.63, 3.8) is 0 Å². The van der Waals surface area contributed by atoms with Crippen LogP contribution in [-0.4, -0.2) is 74.6 Å². The van der Waals surface area contributed by atoms with Gasteiger partial charge in [0.2, 0.25) is 0 Å². The molecule has 4 aliphatic rings. The average Bonchev–Trinajstić information content (AvgIpc) is 3.61. The highest BCUT2D eigenvalue weighted by atomic mass is 16.3. The lowest BCUT2D eigenvalue weighted by atomic mass is 9.52. The second-order valence-electron chi connectivity index (χ2n) is 11.6. The van der Waals surface area contributed by atoms with E-state index in [-0.39, 0.29) is 11.5 Å². The van der Waals surface area contributed by atoms with Crippen LogP contribution in [-0.2, 0) is 18.3 Å². The Bertz CT molecular complexity index is 1250. The highest BCUT2D eigenvalue weighted by Crippen LogP contribution is 2.56. The van der Waals surface area contributed by atoms with E-state index in [0.29, 0.717) is 5.75 Å². The van der Waals surface area contributed by atoms with Crippen LogP contribution in [0.4, 0.5) is 0 Å². The van der Waals surface area contributed by atoms with E-state index in [1.165, 1.54) is 35.0 Å². The number of aliphatic hydroxyl groups is 1. The molecule has 6 heteroatoms. The Labute approximate surface area is 206 Å². The second-order valence-corrected chi connectivity index (χ2v) is 11.6. The lowest BCUT2D eigenvalue weighted by molar-refractivity contribution is -0.149. The minimum absolute atomic E-state index is 0.172. The number of benzene rings is 2. The Morgan fingerprint density at radius 2 is 1.86 bits per heavy atom. The van der Waals surface area contributed by atoms with Crippen molar-refractivity contribution in [3.05, 3.63) is 59.3 Å². The average molecular weight is 473 g/mol. The van der Waals surface area contributed by atoms with Crippen LogP contribution in [0.25, 0.3) is 10.9 Å². The quantitative estimate of drug-likeness (QED) is 0.529. The Morgan fingerprint density at radius 1 is 1.03 bits per heavy atom. The number of hydrogen-bond donors (Lipinski definition) is 3. The van der Waals surface area contributed by atoms with Gasteiger partial charge in [0.25, 0.3) is 0 Å². The van der Waals surface area contributed by atoms with Crippen molar-refractivity contribution in [2.45, 2.75) is 62.0 Å². The normalized spacial score (nSPS) is 31.2. The Morgan fingerprint density at radius 3 is 2.74 bits per heavy atom. The fraction of sp³-hybridized carbons (Fsp3) is 0.552. The van der Waals surface area contributed by atoms with E-state index in [9.17, 15) is 10.2 Å². The molecule has 2 aromatic carbocycles. The van der Waals surface area contributed by atoms with E-state index < -0.39 is 5.60 Å². The van der Waals surface area contributed by atoms with Crippen molar-refractivity contribution < 1.29 is 10.2 Å². The summed E-state index contributed by atoms with van der Waals surface area (Å²) in [6.45, 7) is 5.03. The van der Waals surface area contributed by atoms with Crippen LogP contribution < -0.4 is 0 Å². The number of para-hydroxylation sites is 1. The summed E-state index contributed by atoms with van der Waals surface area (Å²) in [5.41, 5.74) is 3.73. The maximum absolute atomic E-state index is 12.6. The molecule has 2 bridgehead atoms. The molecule has 3 atom stereocenters. The fourth-order valence-corrected chi connectivity index (χ4v) is 7.61. The zero-order valence-corrected chi connectivity index (χ0v) is 20.4. The number of fused-ring (bicyclic) bond motifs is 2. The summed E-state index contributed by atoms with van der Waals surface area (Å²) in [6, 6.07) is 14.4. The number of rotatable bonds is 5. The third-order valence-corrected chi connectivity index (χ3v) is 9.74. The van der Waals surface area contributed by atoms with Gasteiger partial charge in [-0.15, -0.1) is 0 Å². The molecule has 2 aliphatic heterocycles. The van der Waals surface area contributed by atoms with Crippen molar-refractivity contribution in [1.29, 1.82) is 0 Å². The molecule has 2 saturated heterocycles. The molecule has 0 radical (unpaired) electrons. The molecule has 3 heterocycles. The largest absolute Gasteiger partial charge is 0.508 e. The van der Waals surface area contributed by atoms with Crippen molar-refractivity contribution in [1.82, 2.24) is 20.0 Å². The molecule has 0 amide bonds. The zero-order chi connectivity index (χ0) is 23.6. The topological polar surface area (TPSA) is 75.6 Å². The van der Waals surface area contributed by atoms with Gasteiger partial charge in [-0.3, -0.25) is 10.00 Å². The van der Waals surface area contributed by atoms with Crippen LogP contribution in [0, 0.1) is 5.92 Å². The minimum atomic E-state index is -0.754. The van der Waals surface area contributed by atoms with Crippen LogP contribution in [0.3, 0.4) is 0 Å². The molecule has 3 N–H and O–H groups in total. The first-order valence-corrected chi connectivity index (χ1v) is 13.5. The van der Waals surface area contributed by atoms with Crippen LogP contribution in [0.1, 0.15) is 48.9 Å². The number of likely N-dealkylation sites (tertiary alicyclic amines) is 2. The zero-order valence-electron chi connectivity index (χ0n) is 20.4. The predicted molar refractivity (Wildman–Crippen MR) is 137 cm³/mol. The van der Waals surface area contributed by atoms with Gasteiger partial charge in [0, 0.05) is 48.6 Å². The molecule has 3 aromatic rings. The van der Waals surface area contributed by atoms with Gasteiger partial charge in [-0.2, -0.15) is 5.10 Å². The lowest BCUT2D eigenvalue weighted by Gasteiger charge is -2.61. The number of H-pyrrole nitrogens is 1. The second kappa shape index (κ2) is 8.05. The van der Waals surface area contributed by atoms with E-state index in [1.54, 1.807) is 0 Å². The molecule has 2 aliphatic carbocycles. The summed E-state index contributed by atoms with van der Waals surface area (Å²) < 4.78 is 0. The molecule has 3 fully saturated rings. The number of aromatic amines is 1. The number of phenols is 1. The summed E-state index contributed by atoms with van der Waals surface area (Å²) in [5, 5.41) is 32.0. The fourth-order valence-electron chi connectivity index (χ4n) is 7.61. The molecule has 6 nitrogen and oxygen atoms in total. The molecule has 0 spiro atoms. The molecular formula is C29H36N4O2. The van der Waals surface area contributed by atoms with Gasteiger partial charge in [0.15, 0.2) is 0 Å². The van der Waals surface area contributed by atoms with Gasteiger partial charge in [-0.05, 0) is 86.9 Å². The van der Waals surface area contributed by atoms with Gasteiger partial charge in [0.1, 0.15) is 5.75 Å². The summed E-state index contributed by atoms with van der Waals surface area (Å²) in [7, 11) is 0. The molecule has 1 aromatic heterocycles. The minimum Gasteiger partial charge on any atom is -0.508 e. The maximum atomic E-state index is 12.6. The lowest BCUT2D eigenvalue weighted by Crippen LogP contribution is -2.71.